The molecule has 0 fully saturated rings. The van der Waals surface area contributed by atoms with Crippen molar-refractivity contribution < 1.29 is 14.3 Å². The van der Waals surface area contributed by atoms with Gasteiger partial charge in [-0.15, -0.1) is 0 Å². The van der Waals surface area contributed by atoms with Crippen molar-refractivity contribution in [2.45, 2.75) is 26.7 Å². The molecule has 10 nitrogen and oxygen atoms in total. The van der Waals surface area contributed by atoms with E-state index in [1.165, 1.54) is 0 Å². The van der Waals surface area contributed by atoms with Gasteiger partial charge in [0.2, 0.25) is 0 Å². The molecule has 4 heterocycles. The SMILES string of the molecule is CCOC(=O)C1=C(c2ccc(-n3c(C)nc4cnccc43)cc2)NC(C)=C(C(=O)Nc2ccccn2)C1c1ccc(C#N)cc1. The zero-order valence-electron chi connectivity index (χ0n) is 24.9. The Labute approximate surface area is 259 Å². The number of rotatable bonds is 7. The van der Waals surface area contributed by atoms with Crippen LogP contribution in [-0.4, -0.2) is 38.0 Å². The number of carbonyl (C=O) groups excluding carboxylic acids is 2. The Morgan fingerprint density at radius 2 is 1.78 bits per heavy atom. The molecule has 0 bridgehead atoms. The molecule has 1 amide bonds. The second-order valence-corrected chi connectivity index (χ2v) is 10.4. The number of carbonyl (C=O) groups is 2. The van der Waals surface area contributed by atoms with E-state index < -0.39 is 17.8 Å². The van der Waals surface area contributed by atoms with Crippen LogP contribution in [0.25, 0.3) is 22.4 Å². The Morgan fingerprint density at radius 3 is 2.47 bits per heavy atom. The number of anilines is 1. The summed E-state index contributed by atoms with van der Waals surface area (Å²) >= 11 is 0. The van der Waals surface area contributed by atoms with E-state index in [9.17, 15) is 14.9 Å². The van der Waals surface area contributed by atoms with E-state index in [2.05, 4.69) is 31.7 Å². The zero-order chi connectivity index (χ0) is 31.5. The van der Waals surface area contributed by atoms with Crippen LogP contribution in [0.1, 0.15) is 42.3 Å². The maximum atomic E-state index is 13.9. The van der Waals surface area contributed by atoms with Crippen LogP contribution in [0.4, 0.5) is 5.82 Å². The molecule has 5 aromatic rings. The van der Waals surface area contributed by atoms with Crippen molar-refractivity contribution in [3.63, 3.8) is 0 Å². The number of hydrogen-bond acceptors (Lipinski definition) is 8. The number of fused-ring (bicyclic) bond motifs is 1. The minimum Gasteiger partial charge on any atom is -0.463 e. The van der Waals surface area contributed by atoms with Gasteiger partial charge in [-0.3, -0.25) is 14.3 Å². The van der Waals surface area contributed by atoms with E-state index in [0.717, 1.165) is 28.1 Å². The van der Waals surface area contributed by atoms with Gasteiger partial charge in [0.15, 0.2) is 0 Å². The lowest BCUT2D eigenvalue weighted by Crippen LogP contribution is -2.34. The van der Waals surface area contributed by atoms with E-state index >= 15 is 0 Å². The number of dihydropyridines is 1. The number of amides is 1. The largest absolute Gasteiger partial charge is 0.463 e. The molecule has 45 heavy (non-hydrogen) atoms. The normalized spacial score (nSPS) is 14.6. The highest BCUT2D eigenvalue weighted by molar-refractivity contribution is 6.10. The van der Waals surface area contributed by atoms with E-state index in [1.807, 2.05) is 41.8 Å². The Kier molecular flexibility index (Phi) is 7.91. The third-order valence-corrected chi connectivity index (χ3v) is 7.62. The van der Waals surface area contributed by atoms with Crippen molar-refractivity contribution in [1.29, 1.82) is 5.26 Å². The Hall–Kier alpha value is -6.08. The van der Waals surface area contributed by atoms with Crippen LogP contribution in [-0.2, 0) is 14.3 Å². The van der Waals surface area contributed by atoms with E-state index in [0.29, 0.717) is 33.9 Å². The van der Waals surface area contributed by atoms with Gasteiger partial charge in [-0.2, -0.15) is 5.26 Å². The van der Waals surface area contributed by atoms with Gasteiger partial charge in [0, 0.05) is 29.4 Å². The molecule has 2 aromatic carbocycles. The number of aromatic nitrogens is 4. The van der Waals surface area contributed by atoms with Gasteiger partial charge in [0.05, 0.1) is 47.1 Å². The minimum absolute atomic E-state index is 0.147. The lowest BCUT2D eigenvalue weighted by Gasteiger charge is -2.32. The first-order chi connectivity index (χ1) is 21.9. The highest BCUT2D eigenvalue weighted by Crippen LogP contribution is 2.42. The summed E-state index contributed by atoms with van der Waals surface area (Å²) in [5, 5.41) is 15.6. The molecule has 3 aromatic heterocycles. The number of esters is 1. The van der Waals surface area contributed by atoms with E-state index in [1.54, 1.807) is 74.9 Å². The third kappa shape index (κ3) is 5.55. The van der Waals surface area contributed by atoms with Gasteiger partial charge in [0.25, 0.3) is 5.91 Å². The molecule has 0 spiro atoms. The maximum Gasteiger partial charge on any atom is 0.337 e. The molecule has 0 saturated heterocycles. The summed E-state index contributed by atoms with van der Waals surface area (Å²) in [5.41, 5.74) is 6.17. The second kappa shape index (κ2) is 12.3. The van der Waals surface area contributed by atoms with Crippen molar-refractivity contribution in [3.05, 3.63) is 131 Å². The molecule has 0 radical (unpaired) electrons. The fraction of sp³-hybridized carbons (Fsp3) is 0.143. The topological polar surface area (TPSA) is 135 Å². The molecule has 10 heteroatoms. The van der Waals surface area contributed by atoms with Gasteiger partial charge >= 0.3 is 5.97 Å². The van der Waals surface area contributed by atoms with Crippen molar-refractivity contribution >= 4 is 34.4 Å². The van der Waals surface area contributed by atoms with Crippen LogP contribution < -0.4 is 10.6 Å². The summed E-state index contributed by atoms with van der Waals surface area (Å²) in [6.45, 7) is 5.62. The number of benzene rings is 2. The Bertz CT molecular complexity index is 2020. The van der Waals surface area contributed by atoms with Crippen molar-refractivity contribution in [2.24, 2.45) is 0 Å². The summed E-state index contributed by atoms with van der Waals surface area (Å²) in [6.07, 6.45) is 5.05. The van der Waals surface area contributed by atoms with Crippen LogP contribution in [0, 0.1) is 18.3 Å². The molecule has 1 aliphatic rings. The second-order valence-electron chi connectivity index (χ2n) is 10.4. The Morgan fingerprint density at radius 1 is 1.00 bits per heavy atom. The number of nitrogens with one attached hydrogen (secondary N) is 2. The molecular formula is C35H29N7O3. The summed E-state index contributed by atoms with van der Waals surface area (Å²) in [6, 6.07) is 23.9. The molecule has 2 N–H and O–H groups in total. The van der Waals surface area contributed by atoms with Gasteiger partial charge in [-0.05, 0) is 74.4 Å². The van der Waals surface area contributed by atoms with Gasteiger partial charge in [0.1, 0.15) is 17.2 Å². The van der Waals surface area contributed by atoms with Crippen LogP contribution in [0.3, 0.4) is 0 Å². The fourth-order valence-electron chi connectivity index (χ4n) is 5.64. The lowest BCUT2D eigenvalue weighted by molar-refractivity contribution is -0.138. The van der Waals surface area contributed by atoms with Gasteiger partial charge in [-0.1, -0.05) is 30.3 Å². The number of imidazole rings is 1. The minimum atomic E-state index is -0.802. The molecule has 1 atom stereocenters. The highest BCUT2D eigenvalue weighted by Gasteiger charge is 2.39. The summed E-state index contributed by atoms with van der Waals surface area (Å²) < 4.78 is 7.63. The van der Waals surface area contributed by atoms with Gasteiger partial charge in [-0.25, -0.2) is 14.8 Å². The number of nitrogens with zero attached hydrogens (tertiary/aromatic N) is 5. The molecule has 222 valence electrons. The standard InChI is InChI=1S/C35H29N7O3/c1-4-45-35(44)32-31(24-10-8-23(19-36)9-11-24)30(34(43)41-29-7-5-6-17-38-29)21(2)39-33(32)25-12-14-26(15-13-25)42-22(3)40-27-20-37-18-16-28(27)42/h5-18,20,31,39H,4H2,1-3H3,(H,38,41,43). The van der Waals surface area contributed by atoms with Crippen molar-refractivity contribution in [3.8, 4) is 11.8 Å². The highest BCUT2D eigenvalue weighted by atomic mass is 16.5. The quantitative estimate of drug-likeness (QED) is 0.233. The lowest BCUT2D eigenvalue weighted by atomic mass is 9.78. The number of pyridine rings is 2. The molecule has 0 aliphatic carbocycles. The van der Waals surface area contributed by atoms with E-state index in [4.69, 9.17) is 4.74 Å². The van der Waals surface area contributed by atoms with Crippen molar-refractivity contribution in [2.75, 3.05) is 11.9 Å². The van der Waals surface area contributed by atoms with Crippen LogP contribution in [0.5, 0.6) is 0 Å². The monoisotopic (exact) mass is 595 g/mol. The number of aryl methyl sites for hydroxylation is 1. The summed E-state index contributed by atoms with van der Waals surface area (Å²) in [4.78, 5) is 40.7. The van der Waals surface area contributed by atoms with E-state index in [-0.39, 0.29) is 12.2 Å². The van der Waals surface area contributed by atoms with Crippen LogP contribution in [0.15, 0.2) is 108 Å². The fourth-order valence-corrected chi connectivity index (χ4v) is 5.64. The number of ether oxygens (including phenoxy) is 1. The number of allylic oxidation sites excluding steroid dienone is 1. The average Bonchev–Trinajstić information content (AvgIpc) is 3.40. The third-order valence-electron chi connectivity index (χ3n) is 7.62. The summed E-state index contributed by atoms with van der Waals surface area (Å²) in [5.74, 6) is -0.582. The van der Waals surface area contributed by atoms with Crippen LogP contribution >= 0.6 is 0 Å². The van der Waals surface area contributed by atoms with Crippen molar-refractivity contribution in [1.82, 2.24) is 24.8 Å². The van der Waals surface area contributed by atoms with Gasteiger partial charge < -0.3 is 15.4 Å². The molecule has 0 saturated carbocycles. The zero-order valence-corrected chi connectivity index (χ0v) is 24.9. The Balaban J connectivity index is 1.49. The first-order valence-electron chi connectivity index (χ1n) is 14.4. The first kappa shape index (κ1) is 29.0. The predicted molar refractivity (Wildman–Crippen MR) is 170 cm³/mol. The smallest absolute Gasteiger partial charge is 0.337 e. The maximum absolute atomic E-state index is 13.9. The number of nitriles is 1. The molecular weight excluding hydrogens is 566 g/mol. The average molecular weight is 596 g/mol. The number of hydrogen-bond donors (Lipinski definition) is 2. The molecule has 1 unspecified atom stereocenters. The van der Waals surface area contributed by atoms with Crippen LogP contribution in [0.2, 0.25) is 0 Å². The molecule has 1 aliphatic heterocycles. The summed E-state index contributed by atoms with van der Waals surface area (Å²) in [7, 11) is 0. The molecule has 6 rings (SSSR count). The first-order valence-corrected chi connectivity index (χ1v) is 14.4. The predicted octanol–water partition coefficient (Wildman–Crippen LogP) is 5.57.